The van der Waals surface area contributed by atoms with E-state index in [-0.39, 0.29) is 4.90 Å². The van der Waals surface area contributed by atoms with Gasteiger partial charge in [-0.25, -0.2) is 17.5 Å². The third kappa shape index (κ3) is 3.65. The van der Waals surface area contributed by atoms with Crippen LogP contribution in [0.3, 0.4) is 0 Å². The van der Waals surface area contributed by atoms with Crippen molar-refractivity contribution < 1.29 is 13.2 Å². The van der Waals surface area contributed by atoms with E-state index in [1.807, 2.05) is 24.4 Å². The first kappa shape index (κ1) is 17.0. The van der Waals surface area contributed by atoms with Gasteiger partial charge in [-0.15, -0.1) is 0 Å². The molecule has 0 bridgehead atoms. The summed E-state index contributed by atoms with van der Waals surface area (Å²) in [4.78, 5) is 15.4. The Balaban J connectivity index is 1.74. The summed E-state index contributed by atoms with van der Waals surface area (Å²) in [6, 6.07) is 13.1. The number of fused-ring (bicyclic) bond motifs is 1. The number of aromatic amines is 1. The maximum atomic E-state index is 12.2. The van der Waals surface area contributed by atoms with E-state index in [0.29, 0.717) is 11.4 Å². The van der Waals surface area contributed by atoms with Crippen molar-refractivity contribution in [2.24, 2.45) is 0 Å². The lowest BCUT2D eigenvalue weighted by molar-refractivity contribution is 0.262. The van der Waals surface area contributed by atoms with Gasteiger partial charge < -0.3 is 15.6 Å². The highest BCUT2D eigenvalue weighted by atomic mass is 32.2. The number of H-pyrrole nitrogens is 1. The van der Waals surface area contributed by atoms with Crippen LogP contribution in [0.4, 0.5) is 16.2 Å². The maximum absolute atomic E-state index is 12.2. The van der Waals surface area contributed by atoms with Crippen LogP contribution in [0.25, 0.3) is 10.9 Å². The van der Waals surface area contributed by atoms with Gasteiger partial charge >= 0.3 is 6.03 Å². The van der Waals surface area contributed by atoms with Crippen LogP contribution in [0.15, 0.2) is 59.6 Å². The van der Waals surface area contributed by atoms with Gasteiger partial charge in [-0.05, 0) is 42.5 Å². The van der Waals surface area contributed by atoms with Crippen LogP contribution < -0.4 is 10.6 Å². The Kier molecular flexibility index (Phi) is 4.47. The second-order valence-electron chi connectivity index (χ2n) is 5.67. The van der Waals surface area contributed by atoms with Crippen LogP contribution in [0.5, 0.6) is 0 Å². The highest BCUT2D eigenvalue weighted by molar-refractivity contribution is 7.89. The molecule has 1 aromatic heterocycles. The fraction of sp³-hybridized carbons (Fsp3) is 0.118. The fourth-order valence-corrected chi connectivity index (χ4v) is 3.32. The van der Waals surface area contributed by atoms with Crippen molar-refractivity contribution in [1.29, 1.82) is 0 Å². The van der Waals surface area contributed by atoms with Gasteiger partial charge in [-0.3, -0.25) is 0 Å². The number of hydrogen-bond donors (Lipinski definition) is 3. The average Bonchev–Trinajstić information content (AvgIpc) is 3.02. The number of rotatable bonds is 4. The van der Waals surface area contributed by atoms with Gasteiger partial charge in [0.15, 0.2) is 0 Å². The molecule has 3 rings (SSSR count). The molecule has 130 valence electrons. The molecule has 0 aliphatic heterocycles. The van der Waals surface area contributed by atoms with Crippen LogP contribution in [0, 0.1) is 0 Å². The molecule has 0 aliphatic carbocycles. The summed E-state index contributed by atoms with van der Waals surface area (Å²) >= 11 is 0. The first-order valence-electron chi connectivity index (χ1n) is 7.54. The number of urea groups is 1. The van der Waals surface area contributed by atoms with E-state index in [0.717, 1.165) is 15.2 Å². The number of hydrogen-bond acceptors (Lipinski definition) is 3. The van der Waals surface area contributed by atoms with Crippen LogP contribution in [0.1, 0.15) is 0 Å². The summed E-state index contributed by atoms with van der Waals surface area (Å²) < 4.78 is 25.4. The van der Waals surface area contributed by atoms with Gasteiger partial charge in [0.05, 0.1) is 4.90 Å². The van der Waals surface area contributed by atoms with E-state index in [1.165, 1.54) is 26.2 Å². The predicted octanol–water partition coefficient (Wildman–Crippen LogP) is 3.06. The molecule has 2 aromatic carbocycles. The molecular weight excluding hydrogens is 340 g/mol. The van der Waals surface area contributed by atoms with Crippen LogP contribution in [-0.2, 0) is 10.0 Å². The number of nitrogens with one attached hydrogen (secondary N) is 3. The summed E-state index contributed by atoms with van der Waals surface area (Å²) in [6.45, 7) is 0. The molecule has 7 nitrogen and oxygen atoms in total. The number of carbonyl (C=O) groups is 1. The maximum Gasteiger partial charge on any atom is 0.323 e. The third-order valence-corrected chi connectivity index (χ3v) is 5.49. The Morgan fingerprint density at radius 2 is 1.72 bits per heavy atom. The molecule has 0 unspecified atom stereocenters. The lowest BCUT2D eigenvalue weighted by atomic mass is 10.2. The van der Waals surface area contributed by atoms with E-state index >= 15 is 0 Å². The first-order valence-corrected chi connectivity index (χ1v) is 8.98. The predicted molar refractivity (Wildman–Crippen MR) is 98.3 cm³/mol. The van der Waals surface area contributed by atoms with Crippen molar-refractivity contribution >= 4 is 38.3 Å². The van der Waals surface area contributed by atoms with Gasteiger partial charge in [-0.1, -0.05) is 6.07 Å². The highest BCUT2D eigenvalue weighted by Gasteiger charge is 2.17. The minimum absolute atomic E-state index is 0.115. The van der Waals surface area contributed by atoms with Crippen LogP contribution >= 0.6 is 0 Å². The molecule has 0 fully saturated rings. The number of carbonyl (C=O) groups excluding carboxylic acids is 1. The Hall–Kier alpha value is -2.84. The van der Waals surface area contributed by atoms with Gasteiger partial charge in [0, 0.05) is 42.6 Å². The van der Waals surface area contributed by atoms with E-state index in [2.05, 4.69) is 15.6 Å². The van der Waals surface area contributed by atoms with Crippen molar-refractivity contribution in [2.75, 3.05) is 24.7 Å². The van der Waals surface area contributed by atoms with Crippen LogP contribution in [0.2, 0.25) is 0 Å². The molecule has 25 heavy (non-hydrogen) atoms. The Labute approximate surface area is 145 Å². The van der Waals surface area contributed by atoms with Gasteiger partial charge in [0.2, 0.25) is 10.0 Å². The summed E-state index contributed by atoms with van der Waals surface area (Å²) in [5, 5.41) is 6.36. The van der Waals surface area contributed by atoms with Crippen molar-refractivity contribution in [3.8, 4) is 0 Å². The monoisotopic (exact) mass is 358 g/mol. The molecule has 1 heterocycles. The van der Waals surface area contributed by atoms with Gasteiger partial charge in [-0.2, -0.15) is 0 Å². The lowest BCUT2D eigenvalue weighted by Crippen LogP contribution is -2.23. The molecule has 8 heteroatoms. The summed E-state index contributed by atoms with van der Waals surface area (Å²) in [5.41, 5.74) is 2.01. The smallest absolute Gasteiger partial charge is 0.323 e. The fourth-order valence-electron chi connectivity index (χ4n) is 2.37. The number of anilines is 2. The zero-order valence-electron chi connectivity index (χ0n) is 13.8. The van der Waals surface area contributed by atoms with Gasteiger partial charge in [0.25, 0.3) is 0 Å². The molecule has 3 N–H and O–H groups in total. The van der Waals surface area contributed by atoms with Gasteiger partial charge in [0.1, 0.15) is 0 Å². The van der Waals surface area contributed by atoms with Crippen molar-refractivity contribution in [1.82, 2.24) is 9.29 Å². The van der Waals surface area contributed by atoms with E-state index in [4.69, 9.17) is 0 Å². The topological polar surface area (TPSA) is 94.3 Å². The molecule has 0 atom stereocenters. The number of sulfonamides is 1. The second-order valence-corrected chi connectivity index (χ2v) is 7.83. The molecular formula is C17H18N4O3S. The normalized spacial score (nSPS) is 11.6. The molecule has 2 amide bonds. The number of benzene rings is 2. The molecule has 3 aromatic rings. The average molecular weight is 358 g/mol. The second kappa shape index (κ2) is 6.58. The zero-order chi connectivity index (χ0) is 18.0. The Bertz CT molecular complexity index is 1030. The standard InChI is InChI=1S/C17H18N4O3S/c1-21(2)25(23,24)15-5-3-4-13(11-15)19-17(22)20-14-6-7-16-12(10-14)8-9-18-16/h3-11,18H,1-2H3,(H2,19,20,22). The largest absolute Gasteiger partial charge is 0.361 e. The Morgan fingerprint density at radius 1 is 1.00 bits per heavy atom. The zero-order valence-corrected chi connectivity index (χ0v) is 14.6. The third-order valence-electron chi connectivity index (χ3n) is 3.68. The minimum atomic E-state index is -3.55. The lowest BCUT2D eigenvalue weighted by Gasteiger charge is -2.13. The molecule has 0 saturated carbocycles. The quantitative estimate of drug-likeness (QED) is 0.669. The summed E-state index contributed by atoms with van der Waals surface area (Å²) in [5.74, 6) is 0. The molecule has 0 spiro atoms. The van der Waals surface area contributed by atoms with E-state index < -0.39 is 16.1 Å². The number of amides is 2. The number of aromatic nitrogens is 1. The Morgan fingerprint density at radius 3 is 2.44 bits per heavy atom. The molecule has 0 saturated heterocycles. The van der Waals surface area contributed by atoms with Crippen molar-refractivity contribution in [3.05, 3.63) is 54.7 Å². The highest BCUT2D eigenvalue weighted by Crippen LogP contribution is 2.20. The van der Waals surface area contributed by atoms with E-state index in [1.54, 1.807) is 18.2 Å². The number of nitrogens with zero attached hydrogens (tertiary/aromatic N) is 1. The minimum Gasteiger partial charge on any atom is -0.361 e. The SMILES string of the molecule is CN(C)S(=O)(=O)c1cccc(NC(=O)Nc2ccc3[nH]ccc3c2)c1. The first-order chi connectivity index (χ1) is 11.9. The summed E-state index contributed by atoms with van der Waals surface area (Å²) in [6.07, 6.45) is 1.82. The molecule has 0 radical (unpaired) electrons. The van der Waals surface area contributed by atoms with Crippen LogP contribution in [-0.4, -0.2) is 37.8 Å². The molecule has 0 aliphatic rings. The van der Waals surface area contributed by atoms with E-state index in [9.17, 15) is 13.2 Å². The van der Waals surface area contributed by atoms with Crippen molar-refractivity contribution in [3.63, 3.8) is 0 Å². The summed E-state index contributed by atoms with van der Waals surface area (Å²) in [7, 11) is -0.639. The van der Waals surface area contributed by atoms with Crippen molar-refractivity contribution in [2.45, 2.75) is 4.90 Å².